The number of carbonyl (C=O) groups excluding carboxylic acids is 1. The average molecular weight is 391 g/mol. The highest BCUT2D eigenvalue weighted by molar-refractivity contribution is 5.97. The quantitative estimate of drug-likeness (QED) is 0.477. The lowest BCUT2D eigenvalue weighted by Gasteiger charge is -2.11. The lowest BCUT2D eigenvalue weighted by atomic mass is 10.1. The van der Waals surface area contributed by atoms with Gasteiger partial charge in [-0.25, -0.2) is 0 Å². The minimum Gasteiger partial charge on any atom is -0.382 e. The fourth-order valence-corrected chi connectivity index (χ4v) is 3.32. The molecule has 9 heteroatoms. The molecule has 9 nitrogen and oxygen atoms in total. The summed E-state index contributed by atoms with van der Waals surface area (Å²) in [5.41, 5.74) is 9.41. The second kappa shape index (κ2) is 7.27. The van der Waals surface area contributed by atoms with Crippen molar-refractivity contribution in [3.8, 4) is 16.9 Å². The molecule has 0 fully saturated rings. The Morgan fingerprint density at radius 3 is 2.83 bits per heavy atom. The van der Waals surface area contributed by atoms with E-state index in [1.807, 2.05) is 43.5 Å². The zero-order valence-corrected chi connectivity index (χ0v) is 16.1. The van der Waals surface area contributed by atoms with Gasteiger partial charge in [0.25, 0.3) is 5.56 Å². The van der Waals surface area contributed by atoms with Crippen molar-refractivity contribution in [2.45, 2.75) is 20.4 Å². The van der Waals surface area contributed by atoms with Crippen LogP contribution in [-0.2, 0) is 11.3 Å². The van der Waals surface area contributed by atoms with Crippen LogP contribution in [0.4, 0.5) is 5.82 Å². The van der Waals surface area contributed by atoms with Crippen LogP contribution < -0.4 is 16.6 Å². The molecule has 0 saturated carbocycles. The molecule has 3 heterocycles. The molecule has 0 atom stereocenters. The van der Waals surface area contributed by atoms with E-state index in [1.165, 1.54) is 6.92 Å². The van der Waals surface area contributed by atoms with E-state index >= 15 is 0 Å². The van der Waals surface area contributed by atoms with E-state index in [9.17, 15) is 9.59 Å². The lowest BCUT2D eigenvalue weighted by Crippen LogP contribution is -2.24. The van der Waals surface area contributed by atoms with Crippen LogP contribution in [0.5, 0.6) is 0 Å². The van der Waals surface area contributed by atoms with Gasteiger partial charge >= 0.3 is 0 Å². The molecule has 4 N–H and O–H groups in total. The summed E-state index contributed by atoms with van der Waals surface area (Å²) >= 11 is 0. The van der Waals surface area contributed by atoms with Crippen LogP contribution in [-0.4, -0.2) is 37.0 Å². The summed E-state index contributed by atoms with van der Waals surface area (Å²) in [4.78, 5) is 24.2. The standard InChI is InChI=1S/C20H21N7O2/c1-12-5-3-4-6-16(12)27-11-14(18-17(20(27)29)19(21)24-23-18)15-7-9-26(25-15)10-8-22-13(2)28/h3-7,9,11H,8,10H2,1-2H3,(H,22,28)(H3,21,23,24). The largest absolute Gasteiger partial charge is 0.382 e. The summed E-state index contributed by atoms with van der Waals surface area (Å²) in [6.07, 6.45) is 3.58. The molecular weight excluding hydrogens is 370 g/mol. The maximum absolute atomic E-state index is 13.1. The second-order valence-electron chi connectivity index (χ2n) is 6.81. The van der Waals surface area contributed by atoms with Gasteiger partial charge in [0.15, 0.2) is 5.82 Å². The molecule has 0 radical (unpaired) electrons. The summed E-state index contributed by atoms with van der Waals surface area (Å²) in [5.74, 6) is 0.0663. The predicted molar refractivity (Wildman–Crippen MR) is 111 cm³/mol. The minimum absolute atomic E-state index is 0.0858. The number of aryl methyl sites for hydroxylation is 1. The number of amides is 1. The van der Waals surface area contributed by atoms with E-state index in [0.29, 0.717) is 35.2 Å². The Bertz CT molecular complexity index is 1270. The molecule has 0 aliphatic rings. The third-order valence-electron chi connectivity index (χ3n) is 4.76. The van der Waals surface area contributed by atoms with Crippen molar-refractivity contribution in [3.05, 3.63) is 58.6 Å². The number of H-pyrrole nitrogens is 1. The summed E-state index contributed by atoms with van der Waals surface area (Å²) in [6.45, 7) is 4.43. The first-order chi connectivity index (χ1) is 14.0. The third kappa shape index (κ3) is 3.38. The summed E-state index contributed by atoms with van der Waals surface area (Å²) < 4.78 is 3.31. The third-order valence-corrected chi connectivity index (χ3v) is 4.76. The number of hydrogen-bond acceptors (Lipinski definition) is 5. The van der Waals surface area contributed by atoms with Gasteiger partial charge in [0, 0.05) is 31.4 Å². The second-order valence-corrected chi connectivity index (χ2v) is 6.81. The number of para-hydroxylation sites is 1. The Kier molecular flexibility index (Phi) is 4.63. The lowest BCUT2D eigenvalue weighted by molar-refractivity contribution is -0.118. The number of hydrogen-bond donors (Lipinski definition) is 3. The van der Waals surface area contributed by atoms with E-state index in [-0.39, 0.29) is 17.3 Å². The molecular formula is C20H21N7O2. The van der Waals surface area contributed by atoms with Gasteiger partial charge in [0.05, 0.1) is 23.4 Å². The summed E-state index contributed by atoms with van der Waals surface area (Å²) in [6, 6.07) is 9.49. The number of carbonyl (C=O) groups is 1. The molecule has 148 valence electrons. The van der Waals surface area contributed by atoms with Crippen molar-refractivity contribution >= 4 is 22.6 Å². The molecule has 0 spiro atoms. The smallest absolute Gasteiger partial charge is 0.268 e. The molecule has 4 rings (SSSR count). The minimum atomic E-state index is -0.241. The fourth-order valence-electron chi connectivity index (χ4n) is 3.32. The first-order valence-electron chi connectivity index (χ1n) is 9.19. The molecule has 29 heavy (non-hydrogen) atoms. The zero-order chi connectivity index (χ0) is 20.5. The first-order valence-corrected chi connectivity index (χ1v) is 9.19. The van der Waals surface area contributed by atoms with Crippen LogP contribution in [0.3, 0.4) is 0 Å². The van der Waals surface area contributed by atoms with Crippen LogP contribution in [0, 0.1) is 6.92 Å². The van der Waals surface area contributed by atoms with Gasteiger partial charge in [0.2, 0.25) is 5.91 Å². The molecule has 0 bridgehead atoms. The maximum Gasteiger partial charge on any atom is 0.268 e. The van der Waals surface area contributed by atoms with Gasteiger partial charge in [-0.1, -0.05) is 18.2 Å². The molecule has 0 unspecified atom stereocenters. The number of nitrogens with zero attached hydrogens (tertiary/aromatic N) is 4. The number of nitrogen functional groups attached to an aromatic ring is 1. The Balaban J connectivity index is 1.84. The molecule has 0 aliphatic heterocycles. The molecule has 3 aromatic heterocycles. The number of nitrogens with two attached hydrogens (primary N) is 1. The number of fused-ring (bicyclic) bond motifs is 1. The van der Waals surface area contributed by atoms with Crippen molar-refractivity contribution in [1.29, 1.82) is 0 Å². The van der Waals surface area contributed by atoms with Crippen LogP contribution in [0.1, 0.15) is 12.5 Å². The van der Waals surface area contributed by atoms with Gasteiger partial charge in [-0.3, -0.25) is 23.9 Å². The SMILES string of the molecule is CC(=O)NCCn1ccc(-c2cn(-c3ccccc3C)c(=O)c3c(N)n[nH]c23)n1. The van der Waals surface area contributed by atoms with Gasteiger partial charge in [0.1, 0.15) is 5.39 Å². The average Bonchev–Trinajstić information content (AvgIpc) is 3.30. The van der Waals surface area contributed by atoms with Crippen LogP contribution in [0.15, 0.2) is 47.5 Å². The topological polar surface area (TPSA) is 124 Å². The van der Waals surface area contributed by atoms with Crippen molar-refractivity contribution < 1.29 is 4.79 Å². The van der Waals surface area contributed by atoms with Crippen LogP contribution in [0.2, 0.25) is 0 Å². The Morgan fingerprint density at radius 2 is 2.07 bits per heavy atom. The molecule has 1 amide bonds. The number of benzene rings is 1. The van der Waals surface area contributed by atoms with Crippen molar-refractivity contribution in [1.82, 2.24) is 29.9 Å². The Morgan fingerprint density at radius 1 is 1.28 bits per heavy atom. The van der Waals surface area contributed by atoms with Crippen molar-refractivity contribution in [2.75, 3.05) is 12.3 Å². The normalized spacial score (nSPS) is 11.1. The number of rotatable bonds is 5. The van der Waals surface area contributed by atoms with Crippen LogP contribution in [0.25, 0.3) is 27.8 Å². The number of anilines is 1. The summed E-state index contributed by atoms with van der Waals surface area (Å²) in [5, 5.41) is 14.6. The van der Waals surface area contributed by atoms with E-state index < -0.39 is 0 Å². The number of pyridine rings is 1. The van der Waals surface area contributed by atoms with Gasteiger partial charge < -0.3 is 11.1 Å². The highest BCUT2D eigenvalue weighted by atomic mass is 16.1. The van der Waals surface area contributed by atoms with E-state index in [4.69, 9.17) is 5.73 Å². The molecule has 0 aliphatic carbocycles. The van der Waals surface area contributed by atoms with Crippen molar-refractivity contribution in [2.24, 2.45) is 0 Å². The highest BCUT2D eigenvalue weighted by Gasteiger charge is 2.18. The first kappa shape index (κ1) is 18.5. The van der Waals surface area contributed by atoms with Gasteiger partial charge in [-0.05, 0) is 24.6 Å². The monoisotopic (exact) mass is 391 g/mol. The molecule has 1 aromatic carbocycles. The van der Waals surface area contributed by atoms with E-state index in [1.54, 1.807) is 15.4 Å². The van der Waals surface area contributed by atoms with Gasteiger partial charge in [-0.15, -0.1) is 0 Å². The number of aromatic nitrogens is 5. The Labute approximate surface area is 166 Å². The van der Waals surface area contributed by atoms with E-state index in [2.05, 4.69) is 20.6 Å². The Hall–Kier alpha value is -3.88. The van der Waals surface area contributed by atoms with Crippen molar-refractivity contribution in [3.63, 3.8) is 0 Å². The fraction of sp³-hybridized carbons (Fsp3) is 0.200. The molecule has 0 saturated heterocycles. The maximum atomic E-state index is 13.1. The zero-order valence-electron chi connectivity index (χ0n) is 16.1. The van der Waals surface area contributed by atoms with Gasteiger partial charge in [-0.2, -0.15) is 10.2 Å². The highest BCUT2D eigenvalue weighted by Crippen LogP contribution is 2.27. The van der Waals surface area contributed by atoms with E-state index in [0.717, 1.165) is 11.3 Å². The number of nitrogens with one attached hydrogen (secondary N) is 2. The summed E-state index contributed by atoms with van der Waals surface area (Å²) in [7, 11) is 0. The van der Waals surface area contributed by atoms with Crippen LogP contribution >= 0.6 is 0 Å². The molecule has 4 aromatic rings. The number of aromatic amines is 1. The predicted octanol–water partition coefficient (Wildman–Crippen LogP) is 1.60.